The van der Waals surface area contributed by atoms with Gasteiger partial charge < -0.3 is 54.7 Å². The maximum Gasteiger partial charge on any atom is 0.311 e. The smallest absolute Gasteiger partial charge is 0.311 e. The van der Waals surface area contributed by atoms with Crippen molar-refractivity contribution in [3.8, 4) is 0 Å². The van der Waals surface area contributed by atoms with E-state index >= 15 is 0 Å². The number of carbonyl (C=O) groups excluding carboxylic acids is 2. The molecule has 0 amide bonds. The minimum atomic E-state index is -2.25. The van der Waals surface area contributed by atoms with Crippen LogP contribution in [0.3, 0.4) is 0 Å². The minimum absolute atomic E-state index is 0.0515. The van der Waals surface area contributed by atoms with Gasteiger partial charge in [0.1, 0.15) is 17.8 Å². The Morgan fingerprint density at radius 3 is 2.19 bits per heavy atom. The molecule has 14 heteroatoms. The van der Waals surface area contributed by atoms with E-state index in [-0.39, 0.29) is 38.2 Å². The SMILES string of the molecule is CCC(C)C1C/C=C/C=C/C=C/C=C/C=C/C(OC2CCC(O)CO2)CC2OC(O)(CC(O)C(O)CCC(=O)CC(O)CC(=O)O1)CC(O)C2C(=O)O. The van der Waals surface area contributed by atoms with Crippen molar-refractivity contribution in [3.05, 3.63) is 60.8 Å². The molecule has 0 aliphatic carbocycles. The summed E-state index contributed by atoms with van der Waals surface area (Å²) in [6.07, 6.45) is 7.22. The van der Waals surface area contributed by atoms with Crippen molar-refractivity contribution in [1.82, 2.24) is 0 Å². The molecule has 2 saturated heterocycles. The van der Waals surface area contributed by atoms with E-state index in [2.05, 4.69) is 0 Å². The largest absolute Gasteiger partial charge is 0.481 e. The summed E-state index contributed by atoms with van der Waals surface area (Å²) in [6, 6.07) is 0. The highest BCUT2D eigenvalue weighted by Crippen LogP contribution is 2.38. The second-order valence-corrected chi connectivity index (χ2v) is 14.2. The van der Waals surface area contributed by atoms with Crippen LogP contribution in [0.25, 0.3) is 0 Å². The van der Waals surface area contributed by atoms with Crippen molar-refractivity contribution in [2.45, 2.75) is 145 Å². The number of hydrogen-bond acceptors (Lipinski definition) is 13. The maximum absolute atomic E-state index is 12.6. The number of esters is 1. The predicted octanol–water partition coefficient (Wildman–Crippen LogP) is 2.54. The second kappa shape index (κ2) is 22.4. The third-order valence-electron chi connectivity index (χ3n) is 9.73. The van der Waals surface area contributed by atoms with E-state index in [0.717, 1.165) is 6.42 Å². The minimum Gasteiger partial charge on any atom is -0.481 e. The Morgan fingerprint density at radius 1 is 0.887 bits per heavy atom. The summed E-state index contributed by atoms with van der Waals surface area (Å²) >= 11 is 0. The van der Waals surface area contributed by atoms with E-state index in [1.54, 1.807) is 36.5 Å². The Hall–Kier alpha value is -3.05. The average Bonchev–Trinajstić information content (AvgIpc) is 3.08. The van der Waals surface area contributed by atoms with Crippen LogP contribution in [-0.4, -0.2) is 121 Å². The highest BCUT2D eigenvalue weighted by atomic mass is 16.7. The average molecular weight is 751 g/mol. The van der Waals surface area contributed by atoms with Crippen molar-refractivity contribution in [3.63, 3.8) is 0 Å². The molecule has 298 valence electrons. The lowest BCUT2D eigenvalue weighted by atomic mass is 9.82. The molecule has 12 atom stereocenters. The number of carboxylic acid groups (broad SMARTS) is 1. The number of carbonyl (C=O) groups is 3. The molecule has 0 aromatic rings. The molecule has 3 aliphatic heterocycles. The first-order chi connectivity index (χ1) is 25.2. The fraction of sp³-hybridized carbons (Fsp3) is 0.667. The van der Waals surface area contributed by atoms with Gasteiger partial charge in [0, 0.05) is 44.9 Å². The van der Waals surface area contributed by atoms with Crippen LogP contribution in [0.4, 0.5) is 0 Å². The van der Waals surface area contributed by atoms with Crippen molar-refractivity contribution in [2.75, 3.05) is 6.61 Å². The van der Waals surface area contributed by atoms with Crippen molar-refractivity contribution < 1.29 is 69.1 Å². The number of Topliss-reactive ketones (excluding diaryl/α,β-unsaturated/α-hetero) is 1. The highest BCUT2D eigenvalue weighted by Gasteiger charge is 2.50. The number of hydrogen-bond donors (Lipinski definition) is 7. The van der Waals surface area contributed by atoms with E-state index in [0.29, 0.717) is 19.3 Å². The van der Waals surface area contributed by atoms with Crippen LogP contribution in [-0.2, 0) is 33.3 Å². The lowest BCUT2D eigenvalue weighted by Gasteiger charge is -2.44. The Bertz CT molecular complexity index is 1300. The quantitative estimate of drug-likeness (QED) is 0.201. The first-order valence-corrected chi connectivity index (χ1v) is 18.5. The molecule has 3 heterocycles. The molecule has 14 nitrogen and oxygen atoms in total. The number of carboxylic acids is 1. The normalized spacial score (nSPS) is 40.0. The van der Waals surface area contributed by atoms with Crippen molar-refractivity contribution in [1.29, 1.82) is 0 Å². The number of aliphatic carboxylic acids is 1. The van der Waals surface area contributed by atoms with E-state index in [9.17, 15) is 50.1 Å². The topological polar surface area (TPSA) is 230 Å². The molecule has 0 aromatic carbocycles. The fourth-order valence-electron chi connectivity index (χ4n) is 6.51. The maximum atomic E-state index is 12.6. The van der Waals surface area contributed by atoms with E-state index in [4.69, 9.17) is 18.9 Å². The fourth-order valence-corrected chi connectivity index (χ4v) is 6.51. The molecule has 7 N–H and O–H groups in total. The summed E-state index contributed by atoms with van der Waals surface area (Å²) in [5.41, 5.74) is 0. The number of aliphatic hydroxyl groups excluding tert-OH is 5. The molecule has 0 saturated carbocycles. The number of ketones is 1. The molecule has 2 fully saturated rings. The van der Waals surface area contributed by atoms with E-state index in [1.165, 1.54) is 0 Å². The Labute approximate surface area is 311 Å². The molecule has 0 spiro atoms. The third kappa shape index (κ3) is 15.7. The molecule has 3 aliphatic rings. The van der Waals surface area contributed by atoms with Crippen molar-refractivity contribution >= 4 is 17.7 Å². The summed E-state index contributed by atoms with van der Waals surface area (Å²) in [5, 5.41) is 74.1. The lowest BCUT2D eigenvalue weighted by Crippen LogP contribution is -2.56. The van der Waals surface area contributed by atoms with Gasteiger partial charge in [0.2, 0.25) is 0 Å². The Kier molecular flexibility index (Phi) is 18.7. The number of rotatable bonds is 5. The molecule has 12 unspecified atom stereocenters. The van der Waals surface area contributed by atoms with Crippen LogP contribution < -0.4 is 0 Å². The zero-order chi connectivity index (χ0) is 39.0. The van der Waals surface area contributed by atoms with Gasteiger partial charge in [-0.1, -0.05) is 81.0 Å². The van der Waals surface area contributed by atoms with Gasteiger partial charge in [-0.05, 0) is 18.8 Å². The summed E-state index contributed by atoms with van der Waals surface area (Å²) in [4.78, 5) is 37.5. The van der Waals surface area contributed by atoms with Gasteiger partial charge >= 0.3 is 11.9 Å². The van der Waals surface area contributed by atoms with Crippen molar-refractivity contribution in [2.24, 2.45) is 11.8 Å². The van der Waals surface area contributed by atoms with Crippen LogP contribution in [0.1, 0.15) is 84.5 Å². The summed E-state index contributed by atoms with van der Waals surface area (Å²) in [6.45, 7) is 4.00. The molecule has 53 heavy (non-hydrogen) atoms. The molecular weight excluding hydrogens is 692 g/mol. The standard InChI is InChI=1S/C39H58O14/c1-3-25(2)33-14-12-10-8-6-4-5-7-9-11-13-29(51-36-18-16-27(41)24-50-36)21-34-37(38(47)48)32(45)23-39(49,53-34)22-31(44)30(43)17-15-26(40)19-28(42)20-35(46)52-33/h4-13,25,27-34,36-37,41-45,49H,3,14-24H2,1-2H3,(H,47,48)/b5-4+,8-6+,9-7+,12-10+,13-11+. The van der Waals surface area contributed by atoms with Gasteiger partial charge in [0.15, 0.2) is 12.1 Å². The zero-order valence-electron chi connectivity index (χ0n) is 30.6. The first-order valence-electron chi connectivity index (χ1n) is 18.5. The van der Waals surface area contributed by atoms with Crippen LogP contribution >= 0.6 is 0 Å². The molecule has 3 rings (SSSR count). The summed E-state index contributed by atoms with van der Waals surface area (Å²) < 4.78 is 23.3. The van der Waals surface area contributed by atoms with E-state index in [1.807, 2.05) is 38.2 Å². The number of ether oxygens (including phenoxy) is 4. The molecule has 0 aromatic heterocycles. The van der Waals surface area contributed by atoms with Gasteiger partial charge in [0.25, 0.3) is 0 Å². The Morgan fingerprint density at radius 2 is 1.55 bits per heavy atom. The second-order valence-electron chi connectivity index (χ2n) is 14.2. The molecular formula is C39H58O14. The lowest BCUT2D eigenvalue weighted by molar-refractivity contribution is -0.305. The molecule has 0 radical (unpaired) electrons. The zero-order valence-corrected chi connectivity index (χ0v) is 30.6. The van der Waals surface area contributed by atoms with Crippen LogP contribution in [0.2, 0.25) is 0 Å². The van der Waals surface area contributed by atoms with E-state index < -0.39 is 104 Å². The van der Waals surface area contributed by atoms with Gasteiger partial charge in [-0.2, -0.15) is 0 Å². The van der Waals surface area contributed by atoms with Gasteiger partial charge in [-0.15, -0.1) is 0 Å². The van der Waals surface area contributed by atoms with Crippen LogP contribution in [0.5, 0.6) is 0 Å². The summed E-state index contributed by atoms with van der Waals surface area (Å²) in [5.74, 6) is -6.14. The number of aliphatic hydroxyl groups is 6. The number of fused-ring (bicyclic) bond motifs is 2. The van der Waals surface area contributed by atoms with Gasteiger partial charge in [-0.3, -0.25) is 14.4 Å². The summed E-state index contributed by atoms with van der Waals surface area (Å²) in [7, 11) is 0. The monoisotopic (exact) mass is 750 g/mol. The van der Waals surface area contributed by atoms with Gasteiger partial charge in [-0.25, -0.2) is 0 Å². The van der Waals surface area contributed by atoms with Crippen LogP contribution in [0.15, 0.2) is 60.8 Å². The third-order valence-corrected chi connectivity index (χ3v) is 9.73. The van der Waals surface area contributed by atoms with Gasteiger partial charge in [0.05, 0.1) is 55.8 Å². The number of cyclic esters (lactones) is 1. The Balaban J connectivity index is 1.85. The number of allylic oxidation sites excluding steroid dienone is 8. The molecule has 2 bridgehead atoms. The highest BCUT2D eigenvalue weighted by molar-refractivity contribution is 5.80. The van der Waals surface area contributed by atoms with Crippen LogP contribution in [0, 0.1) is 11.8 Å². The predicted molar refractivity (Wildman–Crippen MR) is 192 cm³/mol. The first kappa shape index (κ1) is 44.3.